The second-order valence-corrected chi connectivity index (χ2v) is 4.87. The summed E-state index contributed by atoms with van der Waals surface area (Å²) in [6.45, 7) is 0. The molecule has 2 rings (SSSR count). The van der Waals surface area contributed by atoms with Crippen LogP contribution in [0.25, 0.3) is 0 Å². The molecule has 0 fully saturated rings. The Morgan fingerprint density at radius 2 is 1.83 bits per heavy atom. The number of Topliss-reactive ketones (excluding diaryl/α,β-unsaturated/α-hetero) is 1. The topological polar surface area (TPSA) is 43.1 Å². The predicted octanol–water partition coefficient (Wildman–Crippen LogP) is 3.60. The monoisotopic (exact) mass is 307 g/mol. The second kappa shape index (κ2) is 5.31. The molecular formula is C14H11BrFNO. The number of nitrogens with two attached hydrogens (primary N) is 1. The fraction of sp³-hybridized carbons (Fsp3) is 0.0714. The van der Waals surface area contributed by atoms with E-state index in [9.17, 15) is 9.18 Å². The fourth-order valence-electron chi connectivity index (χ4n) is 1.67. The van der Waals surface area contributed by atoms with Gasteiger partial charge in [-0.1, -0.05) is 28.1 Å². The summed E-state index contributed by atoms with van der Waals surface area (Å²) in [5.74, 6) is -0.388. The Bertz CT molecular complexity index is 581. The predicted molar refractivity (Wildman–Crippen MR) is 73.0 cm³/mol. The van der Waals surface area contributed by atoms with Crippen molar-refractivity contribution in [3.05, 3.63) is 63.9 Å². The van der Waals surface area contributed by atoms with E-state index < -0.39 is 0 Å². The van der Waals surface area contributed by atoms with Crippen molar-refractivity contribution in [1.29, 1.82) is 0 Å². The molecule has 0 bridgehead atoms. The van der Waals surface area contributed by atoms with Gasteiger partial charge >= 0.3 is 0 Å². The lowest BCUT2D eigenvalue weighted by molar-refractivity contribution is 0.0994. The highest BCUT2D eigenvalue weighted by Gasteiger charge is 2.10. The van der Waals surface area contributed by atoms with Gasteiger partial charge in [0, 0.05) is 22.1 Å². The first-order valence-corrected chi connectivity index (χ1v) is 6.18. The zero-order valence-corrected chi connectivity index (χ0v) is 11.1. The van der Waals surface area contributed by atoms with Gasteiger partial charge in [0.05, 0.1) is 0 Å². The maximum atomic E-state index is 12.7. The van der Waals surface area contributed by atoms with E-state index in [1.807, 2.05) is 0 Å². The molecule has 0 aliphatic rings. The van der Waals surface area contributed by atoms with Crippen LogP contribution in [0.2, 0.25) is 0 Å². The van der Waals surface area contributed by atoms with Gasteiger partial charge in [-0.25, -0.2) is 4.39 Å². The van der Waals surface area contributed by atoms with Crippen LogP contribution in [0, 0.1) is 5.82 Å². The van der Waals surface area contributed by atoms with Gasteiger partial charge in [-0.05, 0) is 35.9 Å². The van der Waals surface area contributed by atoms with Crippen molar-refractivity contribution in [2.75, 3.05) is 5.73 Å². The molecule has 0 heterocycles. The zero-order valence-electron chi connectivity index (χ0n) is 9.49. The van der Waals surface area contributed by atoms with Gasteiger partial charge in [-0.15, -0.1) is 0 Å². The van der Waals surface area contributed by atoms with Crippen LogP contribution in [-0.4, -0.2) is 5.78 Å². The maximum Gasteiger partial charge on any atom is 0.169 e. The maximum absolute atomic E-state index is 12.7. The minimum absolute atomic E-state index is 0.0772. The molecule has 0 aliphatic heterocycles. The number of hydrogen-bond donors (Lipinski definition) is 1. The van der Waals surface area contributed by atoms with E-state index >= 15 is 0 Å². The first kappa shape index (κ1) is 12.8. The number of hydrogen-bond acceptors (Lipinski definition) is 2. The van der Waals surface area contributed by atoms with Crippen molar-refractivity contribution in [3.63, 3.8) is 0 Å². The third-order valence-electron chi connectivity index (χ3n) is 2.59. The fourth-order valence-corrected chi connectivity index (χ4v) is 2.05. The Hall–Kier alpha value is -1.68. The molecule has 2 aromatic carbocycles. The number of anilines is 1. The molecule has 0 spiro atoms. The largest absolute Gasteiger partial charge is 0.398 e. The second-order valence-electron chi connectivity index (χ2n) is 3.96. The van der Waals surface area contributed by atoms with Crippen LogP contribution in [0.3, 0.4) is 0 Å². The zero-order chi connectivity index (χ0) is 13.1. The summed E-state index contributed by atoms with van der Waals surface area (Å²) in [5.41, 5.74) is 7.49. The van der Waals surface area contributed by atoms with E-state index in [-0.39, 0.29) is 18.0 Å². The molecule has 2 aromatic rings. The Morgan fingerprint density at radius 3 is 2.44 bits per heavy atom. The smallest absolute Gasteiger partial charge is 0.169 e. The molecule has 0 amide bonds. The molecule has 0 aromatic heterocycles. The molecule has 2 nitrogen and oxygen atoms in total. The molecule has 0 unspecified atom stereocenters. The van der Waals surface area contributed by atoms with Gasteiger partial charge in [-0.2, -0.15) is 0 Å². The Kier molecular flexibility index (Phi) is 3.77. The third kappa shape index (κ3) is 2.96. The SMILES string of the molecule is Nc1cc(Br)ccc1C(=O)Cc1ccc(F)cc1. The van der Waals surface area contributed by atoms with Gasteiger partial charge in [0.15, 0.2) is 5.78 Å². The lowest BCUT2D eigenvalue weighted by Gasteiger charge is -2.05. The van der Waals surface area contributed by atoms with Crippen molar-refractivity contribution in [3.8, 4) is 0 Å². The lowest BCUT2D eigenvalue weighted by Crippen LogP contribution is -2.07. The first-order chi connectivity index (χ1) is 8.56. The summed E-state index contributed by atoms with van der Waals surface area (Å²) in [7, 11) is 0. The molecule has 4 heteroatoms. The summed E-state index contributed by atoms with van der Waals surface area (Å²) in [5, 5.41) is 0. The van der Waals surface area contributed by atoms with Crippen LogP contribution in [0.15, 0.2) is 46.9 Å². The van der Waals surface area contributed by atoms with Crippen molar-refractivity contribution >= 4 is 27.4 Å². The van der Waals surface area contributed by atoms with E-state index in [0.29, 0.717) is 11.3 Å². The van der Waals surface area contributed by atoms with Gasteiger partial charge in [0.2, 0.25) is 0 Å². The van der Waals surface area contributed by atoms with Crippen molar-refractivity contribution < 1.29 is 9.18 Å². The number of ketones is 1. The van der Waals surface area contributed by atoms with Gasteiger partial charge in [-0.3, -0.25) is 4.79 Å². The van der Waals surface area contributed by atoms with Gasteiger partial charge in [0.25, 0.3) is 0 Å². The average molecular weight is 308 g/mol. The van der Waals surface area contributed by atoms with E-state index in [0.717, 1.165) is 10.0 Å². The molecule has 0 radical (unpaired) electrons. The summed E-state index contributed by atoms with van der Waals surface area (Å²) < 4.78 is 13.6. The van der Waals surface area contributed by atoms with Crippen LogP contribution in [0.1, 0.15) is 15.9 Å². The minimum Gasteiger partial charge on any atom is -0.398 e. The van der Waals surface area contributed by atoms with E-state index in [1.54, 1.807) is 30.3 Å². The average Bonchev–Trinajstić information content (AvgIpc) is 2.32. The van der Waals surface area contributed by atoms with Crippen molar-refractivity contribution in [2.45, 2.75) is 6.42 Å². The number of carbonyl (C=O) groups excluding carboxylic acids is 1. The Balaban J connectivity index is 2.19. The molecule has 0 aliphatic carbocycles. The van der Waals surface area contributed by atoms with E-state index in [2.05, 4.69) is 15.9 Å². The van der Waals surface area contributed by atoms with Crippen molar-refractivity contribution in [2.24, 2.45) is 0 Å². The molecule has 18 heavy (non-hydrogen) atoms. The van der Waals surface area contributed by atoms with Gasteiger partial charge < -0.3 is 5.73 Å². The molecule has 92 valence electrons. The van der Waals surface area contributed by atoms with E-state index in [4.69, 9.17) is 5.73 Å². The molecule has 0 saturated carbocycles. The third-order valence-corrected chi connectivity index (χ3v) is 3.09. The Labute approximate surface area is 113 Å². The summed E-state index contributed by atoms with van der Waals surface area (Å²) >= 11 is 3.29. The molecule has 0 atom stereocenters. The molecule has 0 saturated heterocycles. The van der Waals surface area contributed by atoms with Crippen LogP contribution in [0.4, 0.5) is 10.1 Å². The van der Waals surface area contributed by atoms with Crippen LogP contribution in [0.5, 0.6) is 0 Å². The van der Waals surface area contributed by atoms with Crippen LogP contribution < -0.4 is 5.73 Å². The quantitative estimate of drug-likeness (QED) is 0.695. The molecule has 2 N–H and O–H groups in total. The summed E-state index contributed by atoms with van der Waals surface area (Å²) in [6, 6.07) is 11.0. The normalized spacial score (nSPS) is 10.3. The standard InChI is InChI=1S/C14H11BrFNO/c15-10-3-6-12(13(17)8-10)14(18)7-9-1-4-11(16)5-2-9/h1-6,8H,7,17H2. The van der Waals surface area contributed by atoms with Crippen LogP contribution >= 0.6 is 15.9 Å². The van der Waals surface area contributed by atoms with Crippen LogP contribution in [-0.2, 0) is 6.42 Å². The minimum atomic E-state index is -0.311. The van der Waals surface area contributed by atoms with Gasteiger partial charge in [0.1, 0.15) is 5.82 Å². The lowest BCUT2D eigenvalue weighted by atomic mass is 10.0. The number of benzene rings is 2. The van der Waals surface area contributed by atoms with Crippen molar-refractivity contribution in [1.82, 2.24) is 0 Å². The highest BCUT2D eigenvalue weighted by atomic mass is 79.9. The molecular weight excluding hydrogens is 297 g/mol. The van der Waals surface area contributed by atoms with E-state index in [1.165, 1.54) is 12.1 Å². The Morgan fingerprint density at radius 1 is 1.17 bits per heavy atom. The number of carbonyl (C=O) groups is 1. The highest BCUT2D eigenvalue weighted by Crippen LogP contribution is 2.20. The summed E-state index contributed by atoms with van der Waals surface area (Å²) in [6.07, 6.45) is 0.214. The number of rotatable bonds is 3. The highest BCUT2D eigenvalue weighted by molar-refractivity contribution is 9.10. The first-order valence-electron chi connectivity index (χ1n) is 5.39. The number of nitrogen functional groups attached to an aromatic ring is 1. The number of halogens is 2. The summed E-state index contributed by atoms with van der Waals surface area (Å²) in [4.78, 5) is 12.0.